The van der Waals surface area contributed by atoms with Crippen molar-refractivity contribution in [1.82, 2.24) is 5.32 Å². The van der Waals surface area contributed by atoms with Crippen LogP contribution in [0.2, 0.25) is 0 Å². The number of carbonyl (C=O) groups is 1. The molecule has 0 bridgehead atoms. The van der Waals surface area contributed by atoms with E-state index in [9.17, 15) is 4.79 Å². The van der Waals surface area contributed by atoms with Crippen LogP contribution in [0.3, 0.4) is 0 Å². The molecule has 0 unspecified atom stereocenters. The zero-order chi connectivity index (χ0) is 15.4. The van der Waals surface area contributed by atoms with Gasteiger partial charge in [-0.1, -0.05) is 13.8 Å². The Morgan fingerprint density at radius 3 is 2.45 bits per heavy atom. The van der Waals surface area contributed by atoms with E-state index in [1.165, 1.54) is 11.3 Å². The molecule has 114 valence electrons. The second-order valence-corrected chi connectivity index (χ2v) is 6.50. The van der Waals surface area contributed by atoms with E-state index in [2.05, 4.69) is 24.1 Å². The highest BCUT2D eigenvalue weighted by Crippen LogP contribution is 2.45. The molecule has 1 amide bonds. The zero-order valence-electron chi connectivity index (χ0n) is 13.1. The first kappa shape index (κ1) is 16.6. The maximum atomic E-state index is 11.9. The van der Waals surface area contributed by atoms with Crippen molar-refractivity contribution in [3.05, 3.63) is 4.88 Å². The molecule has 0 radical (unpaired) electrons. The van der Waals surface area contributed by atoms with Gasteiger partial charge in [0.25, 0.3) is 5.91 Å². The predicted molar refractivity (Wildman–Crippen MR) is 86.0 cm³/mol. The number of nitrogen functional groups attached to an aromatic ring is 1. The monoisotopic (exact) mass is 299 g/mol. The van der Waals surface area contributed by atoms with Crippen LogP contribution in [0.25, 0.3) is 0 Å². The Kier molecular flexibility index (Phi) is 5.68. The number of anilines is 2. The summed E-state index contributed by atoms with van der Waals surface area (Å²) in [6.45, 7) is 9.07. The molecule has 5 nitrogen and oxygen atoms in total. The molecule has 0 saturated carbocycles. The van der Waals surface area contributed by atoms with Crippen LogP contribution in [-0.2, 0) is 0 Å². The summed E-state index contributed by atoms with van der Waals surface area (Å²) in [5.74, 6) is 0.954. The lowest BCUT2D eigenvalue weighted by molar-refractivity contribution is 0.0967. The number of nitrogens with one attached hydrogen (secondary N) is 1. The van der Waals surface area contributed by atoms with Crippen LogP contribution >= 0.6 is 11.3 Å². The summed E-state index contributed by atoms with van der Waals surface area (Å²) in [4.78, 5) is 14.5. The number of ether oxygens (including phenoxy) is 1. The molecule has 0 fully saturated rings. The van der Waals surface area contributed by atoms with Crippen molar-refractivity contribution < 1.29 is 9.53 Å². The summed E-state index contributed by atoms with van der Waals surface area (Å²) in [7, 11) is 3.59. The van der Waals surface area contributed by atoms with E-state index in [1.807, 2.05) is 20.9 Å². The molecular weight excluding hydrogens is 274 g/mol. The van der Waals surface area contributed by atoms with Crippen LogP contribution in [0.1, 0.15) is 37.4 Å². The summed E-state index contributed by atoms with van der Waals surface area (Å²) in [5, 5.41) is 3.52. The third kappa shape index (κ3) is 3.79. The first-order valence-electron chi connectivity index (χ1n) is 6.80. The number of nitrogens with zero attached hydrogens (tertiary/aromatic N) is 1. The molecule has 1 heterocycles. The third-order valence-electron chi connectivity index (χ3n) is 2.65. The van der Waals surface area contributed by atoms with Crippen molar-refractivity contribution in [2.75, 3.05) is 31.3 Å². The van der Waals surface area contributed by atoms with Gasteiger partial charge >= 0.3 is 0 Å². The van der Waals surface area contributed by atoms with Crippen LogP contribution in [0, 0.1) is 5.92 Å². The van der Waals surface area contributed by atoms with Gasteiger partial charge in [-0.15, -0.1) is 11.3 Å². The fourth-order valence-electron chi connectivity index (χ4n) is 1.93. The highest BCUT2D eigenvalue weighted by atomic mass is 32.1. The van der Waals surface area contributed by atoms with E-state index in [0.717, 1.165) is 11.5 Å². The molecule has 1 rings (SSSR count). The third-order valence-corrected chi connectivity index (χ3v) is 3.95. The maximum absolute atomic E-state index is 11.9. The molecule has 0 atom stereocenters. The highest BCUT2D eigenvalue weighted by molar-refractivity contribution is 7.19. The predicted octanol–water partition coefficient (Wildman–Crippen LogP) is 2.57. The largest absolute Gasteiger partial charge is 0.486 e. The fraction of sp³-hybridized carbons (Fsp3) is 0.643. The highest BCUT2D eigenvalue weighted by Gasteiger charge is 2.24. The van der Waals surface area contributed by atoms with Gasteiger partial charge in [0.1, 0.15) is 15.6 Å². The Morgan fingerprint density at radius 1 is 1.40 bits per heavy atom. The van der Waals surface area contributed by atoms with E-state index in [4.69, 9.17) is 10.5 Å². The van der Waals surface area contributed by atoms with Crippen LogP contribution in [-0.4, -0.2) is 32.7 Å². The van der Waals surface area contributed by atoms with Crippen LogP contribution in [0.4, 0.5) is 10.7 Å². The van der Waals surface area contributed by atoms with Gasteiger partial charge in [0, 0.05) is 20.6 Å². The Morgan fingerprint density at radius 2 is 2.00 bits per heavy atom. The van der Waals surface area contributed by atoms with Crippen molar-refractivity contribution in [3.8, 4) is 5.75 Å². The molecule has 20 heavy (non-hydrogen) atoms. The average molecular weight is 299 g/mol. The summed E-state index contributed by atoms with van der Waals surface area (Å²) in [6.07, 6.45) is 0.00985. The number of hydrogen-bond acceptors (Lipinski definition) is 5. The number of nitrogens with two attached hydrogens (primary N) is 1. The molecule has 3 N–H and O–H groups in total. The minimum atomic E-state index is -0.176. The second kappa shape index (κ2) is 6.83. The SMILES string of the molecule is CNC(=O)c1sc(N(C)CC(C)C)c(OC(C)C)c1N. The topological polar surface area (TPSA) is 67.6 Å². The molecule has 0 spiro atoms. The zero-order valence-corrected chi connectivity index (χ0v) is 13.9. The minimum absolute atomic E-state index is 0.00985. The Hall–Kier alpha value is -1.43. The van der Waals surface area contributed by atoms with Crippen molar-refractivity contribution in [2.45, 2.75) is 33.8 Å². The van der Waals surface area contributed by atoms with E-state index in [-0.39, 0.29) is 12.0 Å². The Labute approximate surface area is 125 Å². The van der Waals surface area contributed by atoms with Gasteiger partial charge in [-0.3, -0.25) is 4.79 Å². The van der Waals surface area contributed by atoms with Gasteiger partial charge in [0.2, 0.25) is 0 Å². The van der Waals surface area contributed by atoms with Gasteiger partial charge in [-0.05, 0) is 19.8 Å². The van der Waals surface area contributed by atoms with Gasteiger partial charge in [-0.25, -0.2) is 0 Å². The lowest BCUT2D eigenvalue weighted by Crippen LogP contribution is -2.22. The quantitative estimate of drug-likeness (QED) is 0.847. The average Bonchev–Trinajstić information content (AvgIpc) is 2.65. The molecule has 0 aliphatic heterocycles. The van der Waals surface area contributed by atoms with Crippen molar-refractivity contribution in [2.24, 2.45) is 5.92 Å². The van der Waals surface area contributed by atoms with Gasteiger partial charge in [0.05, 0.1) is 6.10 Å². The van der Waals surface area contributed by atoms with E-state index in [0.29, 0.717) is 22.2 Å². The fourth-order valence-corrected chi connectivity index (χ4v) is 3.00. The summed E-state index contributed by atoms with van der Waals surface area (Å²) < 4.78 is 5.82. The molecule has 0 saturated heterocycles. The lowest BCUT2D eigenvalue weighted by Gasteiger charge is -2.22. The maximum Gasteiger partial charge on any atom is 0.263 e. The van der Waals surface area contributed by atoms with E-state index >= 15 is 0 Å². The molecular formula is C14H25N3O2S. The molecule has 0 aliphatic rings. The normalized spacial score (nSPS) is 11.0. The Bertz CT molecular complexity index is 469. The molecule has 1 aromatic rings. The second-order valence-electron chi connectivity index (χ2n) is 5.50. The summed E-state index contributed by atoms with van der Waals surface area (Å²) in [5.41, 5.74) is 6.52. The molecule has 6 heteroatoms. The van der Waals surface area contributed by atoms with Crippen molar-refractivity contribution in [3.63, 3.8) is 0 Å². The number of amides is 1. The first-order chi connectivity index (χ1) is 9.27. The van der Waals surface area contributed by atoms with Gasteiger partial charge in [0.15, 0.2) is 5.75 Å². The van der Waals surface area contributed by atoms with Crippen LogP contribution < -0.4 is 20.7 Å². The number of hydrogen-bond donors (Lipinski definition) is 2. The minimum Gasteiger partial charge on any atom is -0.486 e. The first-order valence-corrected chi connectivity index (χ1v) is 7.61. The van der Waals surface area contributed by atoms with Gasteiger partial charge < -0.3 is 20.7 Å². The van der Waals surface area contributed by atoms with Crippen molar-refractivity contribution in [1.29, 1.82) is 0 Å². The number of thiophene rings is 1. The van der Waals surface area contributed by atoms with Crippen molar-refractivity contribution >= 4 is 27.9 Å². The van der Waals surface area contributed by atoms with E-state index in [1.54, 1.807) is 7.05 Å². The standard InChI is InChI=1S/C14H25N3O2S/c1-8(2)7-17(6)14-11(19-9(3)4)10(15)12(20-14)13(18)16-5/h8-9H,7,15H2,1-6H3,(H,16,18). The summed E-state index contributed by atoms with van der Waals surface area (Å²) >= 11 is 1.37. The lowest BCUT2D eigenvalue weighted by atomic mass is 10.2. The molecule has 0 aliphatic carbocycles. The smallest absolute Gasteiger partial charge is 0.263 e. The van der Waals surface area contributed by atoms with Crippen LogP contribution in [0.15, 0.2) is 0 Å². The number of carbonyl (C=O) groups excluding carboxylic acids is 1. The molecule has 0 aromatic carbocycles. The molecule has 1 aromatic heterocycles. The summed E-state index contributed by atoms with van der Waals surface area (Å²) in [6, 6.07) is 0. The van der Waals surface area contributed by atoms with Gasteiger partial charge in [-0.2, -0.15) is 0 Å². The number of rotatable bonds is 6. The van der Waals surface area contributed by atoms with Crippen LogP contribution in [0.5, 0.6) is 5.75 Å². The van der Waals surface area contributed by atoms with E-state index < -0.39 is 0 Å². The Balaban J connectivity index is 3.22.